The summed E-state index contributed by atoms with van der Waals surface area (Å²) in [5.74, 6) is 0.468. The average Bonchev–Trinajstić information content (AvgIpc) is 3.01. The first-order valence-electron chi connectivity index (χ1n) is 7.22. The Morgan fingerprint density at radius 1 is 1.26 bits per heavy atom. The molecular weight excluding hydrogens is 246 g/mol. The average molecular weight is 269 g/mol. The van der Waals surface area contributed by atoms with Crippen LogP contribution in [0.5, 0.6) is 0 Å². The van der Waals surface area contributed by atoms with Crippen molar-refractivity contribution in [3.8, 4) is 0 Å². The van der Waals surface area contributed by atoms with E-state index in [1.807, 2.05) is 13.8 Å². The molecule has 2 unspecified atom stereocenters. The van der Waals surface area contributed by atoms with Crippen LogP contribution in [-0.2, 0) is 9.47 Å². The molecule has 0 aromatic carbocycles. The molecule has 1 saturated carbocycles. The van der Waals surface area contributed by atoms with E-state index in [1.165, 1.54) is 17.7 Å². The number of ether oxygens (including phenoxy) is 2. The van der Waals surface area contributed by atoms with E-state index < -0.39 is 11.8 Å². The topological polar surface area (TPSA) is 59.0 Å². The molecule has 19 heavy (non-hydrogen) atoms. The predicted octanol–water partition coefficient (Wildman–Crippen LogP) is 2.45. The molecule has 2 atom stereocenters. The van der Waals surface area contributed by atoms with Crippen LogP contribution in [0.25, 0.3) is 0 Å². The summed E-state index contributed by atoms with van der Waals surface area (Å²) in [6, 6.07) is -0.0330. The predicted molar refractivity (Wildman–Crippen MR) is 68.9 cm³/mol. The van der Waals surface area contributed by atoms with Crippen molar-refractivity contribution >= 4 is 6.09 Å². The second kappa shape index (κ2) is 4.35. The fraction of sp³-hybridized carbons (Fsp3) is 0.929. The molecule has 0 bridgehead atoms. The van der Waals surface area contributed by atoms with Gasteiger partial charge < -0.3 is 14.6 Å². The monoisotopic (exact) mass is 269 g/mol. The minimum atomic E-state index is -0.886. The third-order valence-corrected chi connectivity index (χ3v) is 4.83. The minimum Gasteiger partial charge on any atom is -0.465 e. The maximum Gasteiger partial charge on any atom is 0.409 e. The van der Waals surface area contributed by atoms with Crippen molar-refractivity contribution in [3.63, 3.8) is 0 Å². The minimum absolute atomic E-state index is 0.0330. The van der Waals surface area contributed by atoms with Gasteiger partial charge in [-0.1, -0.05) is 0 Å². The highest BCUT2D eigenvalue weighted by Gasteiger charge is 2.49. The van der Waals surface area contributed by atoms with Crippen molar-refractivity contribution in [1.29, 1.82) is 0 Å². The van der Waals surface area contributed by atoms with Crippen molar-refractivity contribution in [1.82, 2.24) is 4.90 Å². The van der Waals surface area contributed by atoms with Crippen molar-refractivity contribution in [3.05, 3.63) is 0 Å². The Labute approximate surface area is 113 Å². The highest BCUT2D eigenvalue weighted by Crippen LogP contribution is 2.48. The zero-order valence-corrected chi connectivity index (χ0v) is 11.7. The molecule has 2 aliphatic heterocycles. The second-order valence-electron chi connectivity index (χ2n) is 6.70. The first kappa shape index (κ1) is 13.2. The van der Waals surface area contributed by atoms with Crippen LogP contribution >= 0.6 is 0 Å². The molecule has 0 radical (unpaired) electrons. The number of carboxylic acid groups (broad SMARTS) is 1. The highest BCUT2D eigenvalue weighted by molar-refractivity contribution is 5.66. The van der Waals surface area contributed by atoms with E-state index in [0.717, 1.165) is 25.9 Å². The Morgan fingerprint density at radius 2 is 2.00 bits per heavy atom. The van der Waals surface area contributed by atoms with Gasteiger partial charge in [0.1, 0.15) is 5.72 Å². The van der Waals surface area contributed by atoms with Gasteiger partial charge in [0.2, 0.25) is 0 Å². The summed E-state index contributed by atoms with van der Waals surface area (Å²) >= 11 is 0. The lowest BCUT2D eigenvalue weighted by Crippen LogP contribution is -2.48. The normalized spacial score (nSPS) is 35.6. The zero-order chi connectivity index (χ0) is 13.7. The van der Waals surface area contributed by atoms with E-state index in [9.17, 15) is 9.90 Å². The van der Waals surface area contributed by atoms with Crippen LogP contribution in [0.1, 0.15) is 46.0 Å². The summed E-state index contributed by atoms with van der Waals surface area (Å²) in [5, 5.41) is 9.36. The van der Waals surface area contributed by atoms with Crippen molar-refractivity contribution < 1.29 is 19.4 Å². The zero-order valence-electron chi connectivity index (χ0n) is 11.7. The van der Waals surface area contributed by atoms with Gasteiger partial charge in [-0.25, -0.2) is 4.79 Å². The first-order chi connectivity index (χ1) is 8.92. The molecule has 108 valence electrons. The molecule has 3 aliphatic rings. The largest absolute Gasteiger partial charge is 0.465 e. The van der Waals surface area contributed by atoms with Crippen LogP contribution in [-0.4, -0.2) is 46.7 Å². The Bertz CT molecular complexity index is 368. The van der Waals surface area contributed by atoms with Crippen LogP contribution in [0, 0.1) is 5.92 Å². The van der Waals surface area contributed by atoms with E-state index in [-0.39, 0.29) is 11.6 Å². The summed E-state index contributed by atoms with van der Waals surface area (Å²) in [4.78, 5) is 12.9. The summed E-state index contributed by atoms with van der Waals surface area (Å²) in [6.45, 7) is 4.92. The number of rotatable bonds is 2. The van der Waals surface area contributed by atoms with Gasteiger partial charge in [0.25, 0.3) is 0 Å². The smallest absolute Gasteiger partial charge is 0.409 e. The molecule has 1 amide bonds. The van der Waals surface area contributed by atoms with Gasteiger partial charge in [0, 0.05) is 0 Å². The lowest BCUT2D eigenvalue weighted by atomic mass is 9.91. The van der Waals surface area contributed by atoms with Gasteiger partial charge in [-0.3, -0.25) is 4.90 Å². The molecule has 2 heterocycles. The summed E-state index contributed by atoms with van der Waals surface area (Å²) < 4.78 is 11.6. The van der Waals surface area contributed by atoms with Gasteiger partial charge in [-0.05, 0) is 51.9 Å². The van der Waals surface area contributed by atoms with Crippen LogP contribution < -0.4 is 0 Å². The number of nitrogens with zero attached hydrogens (tertiary/aromatic N) is 1. The fourth-order valence-electron chi connectivity index (χ4n) is 3.47. The standard InChI is InChI=1S/C14H23NO4/c1-13(2)15(12(16)17)11(9-18-13)7-10-3-4-14(5-6-14)19-8-10/h10-11H,3-9H2,1-2H3,(H,16,17). The van der Waals surface area contributed by atoms with E-state index in [0.29, 0.717) is 12.5 Å². The number of carbonyl (C=O) groups is 1. The maximum absolute atomic E-state index is 11.4. The summed E-state index contributed by atoms with van der Waals surface area (Å²) in [6.07, 6.45) is 4.68. The SMILES string of the molecule is CC1(C)OCC(CC2CCC3(CC3)OC2)N1C(=O)O. The van der Waals surface area contributed by atoms with Crippen LogP contribution in [0.2, 0.25) is 0 Å². The molecule has 1 aliphatic carbocycles. The Kier molecular flexibility index (Phi) is 3.02. The molecule has 3 rings (SSSR count). The van der Waals surface area contributed by atoms with Gasteiger partial charge in [0.05, 0.1) is 24.9 Å². The van der Waals surface area contributed by atoms with Crippen LogP contribution in [0.3, 0.4) is 0 Å². The molecule has 0 aromatic heterocycles. The third kappa shape index (κ3) is 2.46. The second-order valence-corrected chi connectivity index (χ2v) is 6.70. The molecule has 5 heteroatoms. The fourth-order valence-corrected chi connectivity index (χ4v) is 3.47. The van der Waals surface area contributed by atoms with Gasteiger partial charge in [-0.15, -0.1) is 0 Å². The summed E-state index contributed by atoms with van der Waals surface area (Å²) in [5.41, 5.74) is -0.488. The van der Waals surface area contributed by atoms with Gasteiger partial charge in [-0.2, -0.15) is 0 Å². The van der Waals surface area contributed by atoms with E-state index in [2.05, 4.69) is 0 Å². The van der Waals surface area contributed by atoms with Crippen LogP contribution in [0.4, 0.5) is 4.79 Å². The molecular formula is C14H23NO4. The quantitative estimate of drug-likeness (QED) is 0.836. The van der Waals surface area contributed by atoms with Gasteiger partial charge >= 0.3 is 6.09 Å². The molecule has 3 fully saturated rings. The number of hydrogen-bond acceptors (Lipinski definition) is 3. The van der Waals surface area contributed by atoms with E-state index in [4.69, 9.17) is 9.47 Å². The Morgan fingerprint density at radius 3 is 2.53 bits per heavy atom. The Balaban J connectivity index is 1.58. The Hall–Kier alpha value is -0.810. The van der Waals surface area contributed by atoms with Crippen molar-refractivity contribution in [2.45, 2.75) is 63.3 Å². The molecule has 2 saturated heterocycles. The third-order valence-electron chi connectivity index (χ3n) is 4.83. The molecule has 0 aromatic rings. The highest BCUT2D eigenvalue weighted by atomic mass is 16.5. The van der Waals surface area contributed by atoms with Gasteiger partial charge in [0.15, 0.2) is 0 Å². The number of amides is 1. The molecule has 1 spiro atoms. The van der Waals surface area contributed by atoms with E-state index >= 15 is 0 Å². The first-order valence-corrected chi connectivity index (χ1v) is 7.22. The van der Waals surface area contributed by atoms with E-state index in [1.54, 1.807) is 0 Å². The molecule has 1 N–H and O–H groups in total. The lowest BCUT2D eigenvalue weighted by molar-refractivity contribution is -0.0500. The maximum atomic E-state index is 11.4. The van der Waals surface area contributed by atoms with Crippen LogP contribution in [0.15, 0.2) is 0 Å². The lowest BCUT2D eigenvalue weighted by Gasteiger charge is -2.34. The summed E-state index contributed by atoms with van der Waals surface area (Å²) in [7, 11) is 0. The van der Waals surface area contributed by atoms with Crippen molar-refractivity contribution in [2.75, 3.05) is 13.2 Å². The number of hydrogen-bond donors (Lipinski definition) is 1. The molecule has 5 nitrogen and oxygen atoms in total. The van der Waals surface area contributed by atoms with Crippen molar-refractivity contribution in [2.24, 2.45) is 5.92 Å².